The number of ether oxygens (including phenoxy) is 1. The number of rotatable bonds is 6. The molecule has 0 fully saturated rings. The largest absolute Gasteiger partial charge is 0.380 e. The first-order valence-corrected chi connectivity index (χ1v) is 5.92. The number of nitrogens with zero attached hydrogens (tertiary/aromatic N) is 1. The van der Waals surface area contributed by atoms with Crippen LogP contribution in [0.2, 0.25) is 0 Å². The molecule has 0 radical (unpaired) electrons. The van der Waals surface area contributed by atoms with Gasteiger partial charge < -0.3 is 15.4 Å². The highest BCUT2D eigenvalue weighted by molar-refractivity contribution is 5.89. The lowest BCUT2D eigenvalue weighted by molar-refractivity contribution is -0.385. The van der Waals surface area contributed by atoms with Crippen molar-refractivity contribution in [2.24, 2.45) is 0 Å². The zero-order chi connectivity index (χ0) is 14.3. The highest BCUT2D eigenvalue weighted by Crippen LogP contribution is 2.22. The lowest BCUT2D eigenvalue weighted by Crippen LogP contribution is -2.31. The van der Waals surface area contributed by atoms with Gasteiger partial charge in [0.15, 0.2) is 0 Å². The van der Waals surface area contributed by atoms with Gasteiger partial charge in [-0.25, -0.2) is 4.79 Å². The van der Waals surface area contributed by atoms with Gasteiger partial charge in [-0.3, -0.25) is 10.1 Å². The topological polar surface area (TPSA) is 93.5 Å². The van der Waals surface area contributed by atoms with Crippen LogP contribution in [0.15, 0.2) is 18.2 Å². The van der Waals surface area contributed by atoms with E-state index in [2.05, 4.69) is 10.6 Å². The SMILES string of the molecule is CCOCCNC(=O)Nc1ccc(C)c([N+](=O)[O-])c1. The molecule has 0 bridgehead atoms. The maximum atomic E-state index is 11.5. The van der Waals surface area contributed by atoms with Gasteiger partial charge in [-0.1, -0.05) is 6.07 Å². The number of nitro benzene ring substituents is 1. The van der Waals surface area contributed by atoms with Crippen molar-refractivity contribution in [1.82, 2.24) is 5.32 Å². The molecular weight excluding hydrogens is 250 g/mol. The maximum Gasteiger partial charge on any atom is 0.319 e. The van der Waals surface area contributed by atoms with E-state index in [0.29, 0.717) is 31.0 Å². The van der Waals surface area contributed by atoms with Gasteiger partial charge in [0.1, 0.15) is 0 Å². The monoisotopic (exact) mass is 267 g/mol. The Kier molecular flexibility index (Phi) is 5.74. The number of hydrogen-bond acceptors (Lipinski definition) is 4. The van der Waals surface area contributed by atoms with Crippen molar-refractivity contribution in [3.05, 3.63) is 33.9 Å². The third-order valence-electron chi connectivity index (χ3n) is 2.40. The van der Waals surface area contributed by atoms with Crippen LogP contribution in [0.25, 0.3) is 0 Å². The van der Waals surface area contributed by atoms with E-state index in [1.54, 1.807) is 19.1 Å². The van der Waals surface area contributed by atoms with Gasteiger partial charge in [-0.2, -0.15) is 0 Å². The molecule has 7 heteroatoms. The number of hydrogen-bond donors (Lipinski definition) is 2. The number of anilines is 1. The molecule has 0 unspecified atom stereocenters. The summed E-state index contributed by atoms with van der Waals surface area (Å²) < 4.78 is 5.07. The molecule has 2 amide bonds. The molecule has 104 valence electrons. The Morgan fingerprint density at radius 2 is 2.21 bits per heavy atom. The molecule has 7 nitrogen and oxygen atoms in total. The molecule has 0 saturated heterocycles. The van der Waals surface area contributed by atoms with Crippen molar-refractivity contribution in [2.45, 2.75) is 13.8 Å². The summed E-state index contributed by atoms with van der Waals surface area (Å²) in [7, 11) is 0. The summed E-state index contributed by atoms with van der Waals surface area (Å²) in [6.07, 6.45) is 0. The van der Waals surface area contributed by atoms with E-state index >= 15 is 0 Å². The smallest absolute Gasteiger partial charge is 0.319 e. The van der Waals surface area contributed by atoms with Crippen LogP contribution in [0, 0.1) is 17.0 Å². The van der Waals surface area contributed by atoms with Crippen molar-refractivity contribution in [3.8, 4) is 0 Å². The fraction of sp³-hybridized carbons (Fsp3) is 0.417. The minimum atomic E-state index is -0.479. The first-order chi connectivity index (χ1) is 9.04. The fourth-order valence-electron chi connectivity index (χ4n) is 1.44. The Morgan fingerprint density at radius 1 is 1.47 bits per heavy atom. The summed E-state index contributed by atoms with van der Waals surface area (Å²) in [5.74, 6) is 0. The average Bonchev–Trinajstić information content (AvgIpc) is 2.36. The van der Waals surface area contributed by atoms with E-state index in [1.165, 1.54) is 6.07 Å². The second-order valence-corrected chi connectivity index (χ2v) is 3.84. The number of amides is 2. The van der Waals surface area contributed by atoms with E-state index in [4.69, 9.17) is 4.74 Å². The van der Waals surface area contributed by atoms with Gasteiger partial charge in [0, 0.05) is 30.5 Å². The predicted octanol–water partition coefficient (Wildman–Crippen LogP) is 2.06. The third kappa shape index (κ3) is 4.92. The number of aryl methyl sites for hydroxylation is 1. The molecule has 0 aliphatic rings. The van der Waals surface area contributed by atoms with E-state index in [1.807, 2.05) is 6.92 Å². The minimum absolute atomic E-state index is 0.0212. The number of nitro groups is 1. The Balaban J connectivity index is 2.55. The maximum absolute atomic E-state index is 11.5. The number of nitrogens with one attached hydrogen (secondary N) is 2. The molecule has 0 saturated carbocycles. The number of urea groups is 1. The van der Waals surface area contributed by atoms with Gasteiger partial charge >= 0.3 is 6.03 Å². The normalized spacial score (nSPS) is 10.0. The molecule has 1 rings (SSSR count). The average molecular weight is 267 g/mol. The van der Waals surface area contributed by atoms with Crippen LogP contribution < -0.4 is 10.6 Å². The summed E-state index contributed by atoms with van der Waals surface area (Å²) in [6, 6.07) is 4.12. The van der Waals surface area contributed by atoms with E-state index in [-0.39, 0.29) is 5.69 Å². The lowest BCUT2D eigenvalue weighted by Gasteiger charge is -2.08. The molecule has 0 aliphatic heterocycles. The van der Waals surface area contributed by atoms with Gasteiger partial charge in [-0.15, -0.1) is 0 Å². The van der Waals surface area contributed by atoms with Crippen molar-refractivity contribution in [3.63, 3.8) is 0 Å². The Labute approximate surface area is 111 Å². The van der Waals surface area contributed by atoms with Crippen LogP contribution >= 0.6 is 0 Å². The van der Waals surface area contributed by atoms with Crippen LogP contribution in [-0.4, -0.2) is 30.7 Å². The number of carbonyl (C=O) groups excluding carboxylic acids is 1. The van der Waals surface area contributed by atoms with Crippen molar-refractivity contribution in [2.75, 3.05) is 25.1 Å². The quantitative estimate of drug-likeness (QED) is 0.468. The van der Waals surface area contributed by atoms with Crippen LogP contribution in [0.5, 0.6) is 0 Å². The molecule has 1 aromatic carbocycles. The predicted molar refractivity (Wildman–Crippen MR) is 71.3 cm³/mol. The Bertz CT molecular complexity index is 462. The lowest BCUT2D eigenvalue weighted by atomic mass is 10.2. The first-order valence-electron chi connectivity index (χ1n) is 5.92. The van der Waals surface area contributed by atoms with Gasteiger partial charge in [0.05, 0.1) is 11.5 Å². The highest BCUT2D eigenvalue weighted by atomic mass is 16.6. The van der Waals surface area contributed by atoms with E-state index in [9.17, 15) is 14.9 Å². The van der Waals surface area contributed by atoms with Gasteiger partial charge in [0.25, 0.3) is 5.69 Å². The Morgan fingerprint density at radius 3 is 2.84 bits per heavy atom. The summed E-state index contributed by atoms with van der Waals surface area (Å²) >= 11 is 0. The molecule has 0 aliphatic carbocycles. The van der Waals surface area contributed by atoms with Crippen LogP contribution in [0.1, 0.15) is 12.5 Å². The number of carbonyl (C=O) groups is 1. The summed E-state index contributed by atoms with van der Waals surface area (Å²) in [4.78, 5) is 21.8. The van der Waals surface area contributed by atoms with E-state index in [0.717, 1.165) is 0 Å². The summed E-state index contributed by atoms with van der Waals surface area (Å²) in [5.41, 5.74) is 0.908. The highest BCUT2D eigenvalue weighted by Gasteiger charge is 2.11. The molecule has 0 aromatic heterocycles. The summed E-state index contributed by atoms with van der Waals surface area (Å²) in [6.45, 7) is 4.91. The molecule has 0 spiro atoms. The van der Waals surface area contributed by atoms with Crippen LogP contribution in [-0.2, 0) is 4.74 Å². The van der Waals surface area contributed by atoms with Crippen LogP contribution in [0.4, 0.5) is 16.2 Å². The zero-order valence-electron chi connectivity index (χ0n) is 10.9. The van der Waals surface area contributed by atoms with Crippen molar-refractivity contribution in [1.29, 1.82) is 0 Å². The third-order valence-corrected chi connectivity index (χ3v) is 2.40. The molecule has 0 atom stereocenters. The van der Waals surface area contributed by atoms with Gasteiger partial charge in [-0.05, 0) is 19.9 Å². The first kappa shape index (κ1) is 14.9. The van der Waals surface area contributed by atoms with Crippen molar-refractivity contribution < 1.29 is 14.5 Å². The molecule has 19 heavy (non-hydrogen) atoms. The summed E-state index contributed by atoms with van der Waals surface area (Å²) in [5, 5.41) is 15.9. The molecular formula is C12H17N3O4. The standard InChI is InChI=1S/C12H17N3O4/c1-3-19-7-6-13-12(16)14-10-5-4-9(2)11(8-10)15(17)18/h4-5,8H,3,6-7H2,1-2H3,(H2,13,14,16). The minimum Gasteiger partial charge on any atom is -0.380 e. The zero-order valence-corrected chi connectivity index (χ0v) is 10.9. The molecule has 0 heterocycles. The van der Waals surface area contributed by atoms with Crippen LogP contribution in [0.3, 0.4) is 0 Å². The molecule has 2 N–H and O–H groups in total. The second kappa shape index (κ2) is 7.32. The van der Waals surface area contributed by atoms with E-state index < -0.39 is 11.0 Å². The number of benzene rings is 1. The second-order valence-electron chi connectivity index (χ2n) is 3.84. The molecule has 1 aromatic rings. The Hall–Kier alpha value is -2.15. The van der Waals surface area contributed by atoms with Gasteiger partial charge in [0.2, 0.25) is 0 Å². The van der Waals surface area contributed by atoms with Crippen molar-refractivity contribution >= 4 is 17.4 Å². The fourth-order valence-corrected chi connectivity index (χ4v) is 1.44.